The molecule has 0 heterocycles. The second-order valence-corrected chi connectivity index (χ2v) is 13.3. The second kappa shape index (κ2) is 36.5. The summed E-state index contributed by atoms with van der Waals surface area (Å²) >= 11 is 1.53. The first kappa shape index (κ1) is 44.6. The van der Waals surface area contributed by atoms with E-state index < -0.39 is 6.10 Å². The molecule has 0 bridgehead atoms. The summed E-state index contributed by atoms with van der Waals surface area (Å²) in [5, 5.41) is 2.85. The van der Waals surface area contributed by atoms with Crippen LogP contribution in [0.1, 0.15) is 149 Å². The zero-order chi connectivity index (χ0) is 33.8. The highest BCUT2D eigenvalue weighted by molar-refractivity contribution is 7.99. The lowest BCUT2D eigenvalue weighted by Gasteiger charge is -2.18. The van der Waals surface area contributed by atoms with Crippen molar-refractivity contribution in [1.82, 2.24) is 5.32 Å². The van der Waals surface area contributed by atoms with Gasteiger partial charge in [-0.15, -0.1) is 0 Å². The molecule has 0 saturated heterocycles. The van der Waals surface area contributed by atoms with Crippen molar-refractivity contribution in [2.75, 3.05) is 57.6 Å². The molecule has 10 heteroatoms. The number of nitrogens with two attached hydrogens (primary N) is 1. The summed E-state index contributed by atoms with van der Waals surface area (Å²) in [5.41, 5.74) is 5.37. The predicted octanol–water partition coefficient (Wildman–Crippen LogP) is 7.51. The van der Waals surface area contributed by atoms with E-state index in [0.717, 1.165) is 38.5 Å². The van der Waals surface area contributed by atoms with Crippen LogP contribution in [0.15, 0.2) is 0 Å². The van der Waals surface area contributed by atoms with E-state index in [1.165, 1.54) is 88.8 Å². The molecule has 9 nitrogen and oxygen atoms in total. The molecular formula is C36H70N2O7S. The lowest BCUT2D eigenvalue weighted by atomic mass is 10.1. The topological polar surface area (TPSA) is 126 Å². The van der Waals surface area contributed by atoms with Gasteiger partial charge in [-0.3, -0.25) is 14.4 Å². The number of nitrogens with one attached hydrogen (secondary N) is 1. The minimum Gasteiger partial charge on any atom is -0.462 e. The van der Waals surface area contributed by atoms with Crippen LogP contribution in [-0.2, 0) is 33.3 Å². The molecule has 1 atom stereocenters. The summed E-state index contributed by atoms with van der Waals surface area (Å²) < 4.78 is 21.9. The number of esters is 2. The number of hydrogen-bond acceptors (Lipinski definition) is 9. The van der Waals surface area contributed by atoms with Crippen molar-refractivity contribution >= 4 is 29.6 Å². The van der Waals surface area contributed by atoms with Crippen LogP contribution in [0.5, 0.6) is 0 Å². The molecule has 3 N–H and O–H groups in total. The summed E-state index contributed by atoms with van der Waals surface area (Å²) in [4.78, 5) is 37.1. The summed E-state index contributed by atoms with van der Waals surface area (Å²) in [7, 11) is 0. The largest absolute Gasteiger partial charge is 0.462 e. The summed E-state index contributed by atoms with van der Waals surface area (Å²) in [5.74, 6) is 0.531. The van der Waals surface area contributed by atoms with Crippen LogP contribution in [0, 0.1) is 0 Å². The van der Waals surface area contributed by atoms with Gasteiger partial charge in [0.15, 0.2) is 0 Å². The molecule has 0 aliphatic heterocycles. The van der Waals surface area contributed by atoms with Gasteiger partial charge in [-0.25, -0.2) is 0 Å². The van der Waals surface area contributed by atoms with Gasteiger partial charge in [0, 0.05) is 43.9 Å². The SMILES string of the molecule is CCCCCCCCCCCC(=O)OCC(CSCCC(=O)NCCOCCOCCN)OC(=O)CCCCCCCCCCC. The van der Waals surface area contributed by atoms with E-state index >= 15 is 0 Å². The molecule has 1 amide bonds. The Morgan fingerprint density at radius 2 is 1.13 bits per heavy atom. The standard InChI is InChI=1S/C36H70N2O7S/c1-3-5-7-9-11-13-15-17-19-21-35(40)44-31-33(45-36(41)22-20-18-16-14-12-10-8-6-4-2)32-46-30-23-34(39)38-25-27-43-29-28-42-26-24-37/h33H,3-32,37H2,1-2H3,(H,38,39). The van der Waals surface area contributed by atoms with Crippen molar-refractivity contribution in [3.05, 3.63) is 0 Å². The number of rotatable bonds is 36. The summed E-state index contributed by atoms with van der Waals surface area (Å²) in [6.45, 7) is 7.34. The van der Waals surface area contributed by atoms with Crippen molar-refractivity contribution in [2.45, 2.75) is 155 Å². The van der Waals surface area contributed by atoms with Crippen LogP contribution >= 0.6 is 11.8 Å². The Morgan fingerprint density at radius 1 is 0.630 bits per heavy atom. The molecule has 0 aliphatic rings. The zero-order valence-electron chi connectivity index (χ0n) is 29.6. The first-order valence-electron chi connectivity index (χ1n) is 18.6. The number of hydrogen-bond donors (Lipinski definition) is 2. The first-order valence-corrected chi connectivity index (χ1v) is 19.7. The fourth-order valence-electron chi connectivity index (χ4n) is 4.91. The third-order valence-electron chi connectivity index (χ3n) is 7.68. The highest BCUT2D eigenvalue weighted by Gasteiger charge is 2.17. The number of carbonyl (C=O) groups is 3. The predicted molar refractivity (Wildman–Crippen MR) is 190 cm³/mol. The van der Waals surface area contributed by atoms with Gasteiger partial charge in [-0.2, -0.15) is 11.8 Å². The molecule has 0 aromatic heterocycles. The molecule has 0 aromatic carbocycles. The Balaban J connectivity index is 4.31. The van der Waals surface area contributed by atoms with E-state index in [1.807, 2.05) is 0 Å². The van der Waals surface area contributed by atoms with Crippen LogP contribution in [0.3, 0.4) is 0 Å². The van der Waals surface area contributed by atoms with E-state index in [1.54, 1.807) is 0 Å². The Hall–Kier alpha value is -1.36. The Bertz CT molecular complexity index is 699. The monoisotopic (exact) mass is 674 g/mol. The van der Waals surface area contributed by atoms with Gasteiger partial charge in [0.2, 0.25) is 5.91 Å². The highest BCUT2D eigenvalue weighted by atomic mass is 32.2. The van der Waals surface area contributed by atoms with E-state index in [9.17, 15) is 14.4 Å². The average Bonchev–Trinajstić information content (AvgIpc) is 3.05. The van der Waals surface area contributed by atoms with Crippen molar-refractivity contribution in [2.24, 2.45) is 5.73 Å². The quantitative estimate of drug-likeness (QED) is 0.0513. The summed E-state index contributed by atoms with van der Waals surface area (Å²) in [6.07, 6.45) is 22.0. The minimum atomic E-state index is -0.513. The van der Waals surface area contributed by atoms with E-state index in [-0.39, 0.29) is 24.5 Å². The van der Waals surface area contributed by atoms with Gasteiger partial charge in [-0.05, 0) is 12.8 Å². The molecule has 0 spiro atoms. The lowest BCUT2D eigenvalue weighted by Crippen LogP contribution is -2.29. The maximum atomic E-state index is 12.6. The van der Waals surface area contributed by atoms with Crippen molar-refractivity contribution in [3.63, 3.8) is 0 Å². The van der Waals surface area contributed by atoms with Gasteiger partial charge in [0.05, 0.1) is 26.4 Å². The third kappa shape index (κ3) is 34.0. The van der Waals surface area contributed by atoms with Gasteiger partial charge < -0.3 is 30.0 Å². The van der Waals surface area contributed by atoms with Gasteiger partial charge >= 0.3 is 11.9 Å². The van der Waals surface area contributed by atoms with Crippen molar-refractivity contribution in [1.29, 1.82) is 0 Å². The second-order valence-electron chi connectivity index (χ2n) is 12.1. The molecule has 0 aliphatic carbocycles. The fourth-order valence-corrected chi connectivity index (χ4v) is 5.84. The molecule has 0 aromatic rings. The van der Waals surface area contributed by atoms with Gasteiger partial charge in [0.1, 0.15) is 12.7 Å². The number of thioether (sulfide) groups is 1. The Labute approximate surface area is 285 Å². The summed E-state index contributed by atoms with van der Waals surface area (Å²) in [6, 6.07) is 0. The molecule has 0 radical (unpaired) electrons. The van der Waals surface area contributed by atoms with E-state index in [4.69, 9.17) is 24.7 Å². The first-order chi connectivity index (χ1) is 22.5. The normalized spacial score (nSPS) is 11.8. The van der Waals surface area contributed by atoms with Crippen LogP contribution < -0.4 is 11.1 Å². The number of ether oxygens (including phenoxy) is 4. The lowest BCUT2D eigenvalue weighted by molar-refractivity contribution is -0.157. The number of unbranched alkanes of at least 4 members (excludes halogenated alkanes) is 16. The molecule has 0 saturated carbocycles. The molecule has 0 fully saturated rings. The molecule has 46 heavy (non-hydrogen) atoms. The fraction of sp³-hybridized carbons (Fsp3) is 0.917. The molecular weight excluding hydrogens is 604 g/mol. The minimum absolute atomic E-state index is 0.0539. The number of amides is 1. The smallest absolute Gasteiger partial charge is 0.306 e. The van der Waals surface area contributed by atoms with Crippen molar-refractivity contribution in [3.8, 4) is 0 Å². The van der Waals surface area contributed by atoms with Gasteiger partial charge in [0.25, 0.3) is 0 Å². The third-order valence-corrected chi connectivity index (χ3v) is 8.78. The van der Waals surface area contributed by atoms with Crippen LogP contribution in [0.2, 0.25) is 0 Å². The maximum Gasteiger partial charge on any atom is 0.306 e. The van der Waals surface area contributed by atoms with Crippen LogP contribution in [0.25, 0.3) is 0 Å². The van der Waals surface area contributed by atoms with E-state index in [2.05, 4.69) is 19.2 Å². The van der Waals surface area contributed by atoms with Crippen LogP contribution in [0.4, 0.5) is 0 Å². The van der Waals surface area contributed by atoms with Gasteiger partial charge in [-0.1, -0.05) is 117 Å². The zero-order valence-corrected chi connectivity index (χ0v) is 30.5. The molecule has 272 valence electrons. The Kier molecular flexibility index (Phi) is 35.4. The van der Waals surface area contributed by atoms with Crippen LogP contribution in [-0.4, -0.2) is 81.6 Å². The maximum absolute atomic E-state index is 12.6. The Morgan fingerprint density at radius 3 is 1.67 bits per heavy atom. The average molecular weight is 675 g/mol. The van der Waals surface area contributed by atoms with Crippen molar-refractivity contribution < 1.29 is 33.3 Å². The highest BCUT2D eigenvalue weighted by Crippen LogP contribution is 2.14. The molecule has 1 unspecified atom stereocenters. The number of carbonyl (C=O) groups excluding carboxylic acids is 3. The van der Waals surface area contributed by atoms with E-state index in [0.29, 0.717) is 70.3 Å². The molecule has 0 rings (SSSR count).